The van der Waals surface area contributed by atoms with Crippen molar-refractivity contribution >= 4 is 45.5 Å². The number of aromatic nitrogens is 1. The van der Waals surface area contributed by atoms with E-state index in [1.54, 1.807) is 18.3 Å². The number of hydrogen-bond donors (Lipinski definition) is 4. The average Bonchev–Trinajstić information content (AvgIpc) is 3.57. The van der Waals surface area contributed by atoms with Crippen molar-refractivity contribution in [3.8, 4) is 6.07 Å². The number of halogens is 3. The van der Waals surface area contributed by atoms with Gasteiger partial charge in [-0.3, -0.25) is 9.99 Å². The van der Waals surface area contributed by atoms with Gasteiger partial charge in [-0.1, -0.05) is 50.0 Å². The predicted octanol–water partition coefficient (Wildman–Crippen LogP) is 6.49. The summed E-state index contributed by atoms with van der Waals surface area (Å²) in [6, 6.07) is 10.3. The molecule has 2 aromatic carbocycles. The molecule has 0 saturated heterocycles. The summed E-state index contributed by atoms with van der Waals surface area (Å²) in [7, 11) is 0. The van der Waals surface area contributed by atoms with Gasteiger partial charge in [0.2, 0.25) is 0 Å². The van der Waals surface area contributed by atoms with Gasteiger partial charge in [-0.05, 0) is 48.1 Å². The zero-order valence-corrected chi connectivity index (χ0v) is 22.3. The number of fused-ring (bicyclic) bond motifs is 1. The third kappa shape index (κ3) is 5.54. The van der Waals surface area contributed by atoms with Gasteiger partial charge in [0.05, 0.1) is 33.5 Å². The maximum absolute atomic E-state index is 13.9. The molecule has 10 heteroatoms. The summed E-state index contributed by atoms with van der Waals surface area (Å²) in [4.78, 5) is 4.45. The first-order chi connectivity index (χ1) is 17.6. The molecular weight excluding hydrogens is 512 g/mol. The highest BCUT2D eigenvalue weighted by molar-refractivity contribution is 6.36. The Morgan fingerprint density at radius 1 is 1.22 bits per heavy atom. The number of anilines is 2. The van der Waals surface area contributed by atoms with Crippen LogP contribution in [0.4, 0.5) is 15.8 Å². The molecule has 192 valence electrons. The van der Waals surface area contributed by atoms with Crippen molar-refractivity contribution in [1.29, 1.82) is 5.26 Å². The number of hydrogen-bond acceptors (Lipinski definition) is 7. The molecule has 1 aromatic heterocycles. The molecule has 0 unspecified atom stereocenters. The van der Waals surface area contributed by atoms with Crippen molar-refractivity contribution in [2.24, 2.45) is 5.41 Å². The average molecular weight is 540 g/mol. The Kier molecular flexibility index (Phi) is 6.80. The van der Waals surface area contributed by atoms with Crippen molar-refractivity contribution in [3.05, 3.63) is 75.4 Å². The standard InChI is InChI=1S/C27H28Cl2FN7/c1-27(2,3)14-33-24-15(11-31)12-32-25-20(24)9-17(10-22(25)29)34-26(19-7-4-16(30)8-21(19)28)23-13-37(36-35-23)18-5-6-18/h4,7-10,12-13,18,26,34-36H,5-6,14H2,1-3H3,(H,32,33)/t26-/m0/s1. The van der Waals surface area contributed by atoms with Gasteiger partial charge in [-0.15, -0.1) is 5.53 Å². The Morgan fingerprint density at radius 2 is 2.00 bits per heavy atom. The van der Waals surface area contributed by atoms with Gasteiger partial charge < -0.3 is 16.1 Å². The highest BCUT2D eigenvalue weighted by atomic mass is 35.5. The second-order valence-corrected chi connectivity index (χ2v) is 11.4. The third-order valence-electron chi connectivity index (χ3n) is 6.28. The lowest BCUT2D eigenvalue weighted by molar-refractivity contribution is 0.260. The van der Waals surface area contributed by atoms with E-state index in [9.17, 15) is 9.65 Å². The molecule has 1 aliphatic heterocycles. The Bertz CT molecular complexity index is 1420. The van der Waals surface area contributed by atoms with Crippen LogP contribution in [0.15, 0.2) is 48.4 Å². The minimum Gasteiger partial charge on any atom is -0.383 e. The normalized spacial score (nSPS) is 16.2. The Balaban J connectivity index is 1.57. The highest BCUT2D eigenvalue weighted by Crippen LogP contribution is 2.38. The number of hydrazine groups is 2. The largest absolute Gasteiger partial charge is 0.383 e. The summed E-state index contributed by atoms with van der Waals surface area (Å²) >= 11 is 13.2. The molecule has 1 fully saturated rings. The summed E-state index contributed by atoms with van der Waals surface area (Å²) in [5.41, 5.74) is 10.3. The van der Waals surface area contributed by atoms with E-state index >= 15 is 0 Å². The first-order valence-electron chi connectivity index (χ1n) is 12.1. The second-order valence-electron chi connectivity index (χ2n) is 10.6. The van der Waals surface area contributed by atoms with Crippen LogP contribution < -0.4 is 21.6 Å². The molecule has 0 amide bonds. The lowest BCUT2D eigenvalue weighted by atomic mass is 9.96. The number of nitrogens with zero attached hydrogens (tertiary/aromatic N) is 3. The van der Waals surface area contributed by atoms with Gasteiger partial charge in [0.1, 0.15) is 11.9 Å². The number of rotatable bonds is 7. The van der Waals surface area contributed by atoms with Crippen LogP contribution in [0.25, 0.3) is 10.9 Å². The van der Waals surface area contributed by atoms with Crippen molar-refractivity contribution < 1.29 is 4.39 Å². The van der Waals surface area contributed by atoms with Crippen molar-refractivity contribution in [3.63, 3.8) is 0 Å². The molecule has 1 atom stereocenters. The maximum Gasteiger partial charge on any atom is 0.124 e. The molecule has 1 saturated carbocycles. The van der Waals surface area contributed by atoms with Crippen LogP contribution in [0.2, 0.25) is 10.0 Å². The SMILES string of the molecule is CC(C)(C)CNc1c(C#N)cnc2c(Cl)cc(N[C@H](C3=CN(C4CC4)NN3)c3ccc(F)cc3Cl)cc12. The topological polar surface area (TPSA) is 88.0 Å². The quantitative estimate of drug-likeness (QED) is 0.272. The summed E-state index contributed by atoms with van der Waals surface area (Å²) in [5, 5.41) is 20.2. The molecule has 0 radical (unpaired) electrons. The zero-order chi connectivity index (χ0) is 26.3. The lowest BCUT2D eigenvalue weighted by Gasteiger charge is -2.24. The minimum atomic E-state index is -0.434. The molecule has 5 rings (SSSR count). The van der Waals surface area contributed by atoms with E-state index in [-0.39, 0.29) is 5.41 Å². The van der Waals surface area contributed by atoms with Crippen LogP contribution in [-0.4, -0.2) is 22.6 Å². The highest BCUT2D eigenvalue weighted by Gasteiger charge is 2.33. The van der Waals surface area contributed by atoms with Crippen LogP contribution in [0.1, 0.15) is 50.8 Å². The third-order valence-corrected chi connectivity index (χ3v) is 6.90. The maximum atomic E-state index is 13.9. The molecule has 1 aliphatic carbocycles. The van der Waals surface area contributed by atoms with E-state index in [0.29, 0.717) is 50.7 Å². The monoisotopic (exact) mass is 539 g/mol. The van der Waals surface area contributed by atoms with Crippen molar-refractivity contribution in [2.45, 2.75) is 45.7 Å². The molecule has 37 heavy (non-hydrogen) atoms. The van der Waals surface area contributed by atoms with Gasteiger partial charge >= 0.3 is 0 Å². The lowest BCUT2D eigenvalue weighted by Crippen LogP contribution is -2.38. The van der Waals surface area contributed by atoms with E-state index in [2.05, 4.69) is 53.4 Å². The molecule has 0 spiro atoms. The molecule has 2 heterocycles. The van der Waals surface area contributed by atoms with Crippen molar-refractivity contribution in [2.75, 3.05) is 17.2 Å². The smallest absolute Gasteiger partial charge is 0.124 e. The van der Waals surface area contributed by atoms with E-state index in [1.807, 2.05) is 17.3 Å². The van der Waals surface area contributed by atoms with E-state index in [0.717, 1.165) is 23.9 Å². The van der Waals surface area contributed by atoms with Crippen LogP contribution in [0, 0.1) is 22.6 Å². The van der Waals surface area contributed by atoms with Gasteiger partial charge in [-0.25, -0.2) is 4.39 Å². The number of pyridine rings is 1. The fraction of sp³-hybridized carbons (Fsp3) is 0.333. The summed E-state index contributed by atoms with van der Waals surface area (Å²) in [6.45, 7) is 7.01. The van der Waals surface area contributed by atoms with Gasteiger partial charge in [0.25, 0.3) is 0 Å². The Hall–Kier alpha value is -3.25. The second kappa shape index (κ2) is 9.90. The van der Waals surface area contributed by atoms with Gasteiger partial charge in [0.15, 0.2) is 0 Å². The van der Waals surface area contributed by atoms with E-state index in [4.69, 9.17) is 23.2 Å². The number of nitrogens with one attached hydrogen (secondary N) is 4. The van der Waals surface area contributed by atoms with Crippen molar-refractivity contribution in [1.82, 2.24) is 21.0 Å². The molecule has 4 N–H and O–H groups in total. The summed E-state index contributed by atoms with van der Waals surface area (Å²) < 4.78 is 13.9. The predicted molar refractivity (Wildman–Crippen MR) is 146 cm³/mol. The summed E-state index contributed by atoms with van der Waals surface area (Å²) in [6.07, 6.45) is 5.78. The van der Waals surface area contributed by atoms with Crippen LogP contribution >= 0.6 is 23.2 Å². The fourth-order valence-corrected chi connectivity index (χ4v) is 4.78. The van der Waals surface area contributed by atoms with Gasteiger partial charge in [0, 0.05) is 41.1 Å². The molecule has 2 aliphatic rings. The molecule has 7 nitrogen and oxygen atoms in total. The van der Waals surface area contributed by atoms with Crippen LogP contribution in [0.3, 0.4) is 0 Å². The first-order valence-corrected chi connectivity index (χ1v) is 12.9. The first kappa shape index (κ1) is 25.4. The molecule has 0 bridgehead atoms. The van der Waals surface area contributed by atoms with E-state index < -0.39 is 11.9 Å². The minimum absolute atomic E-state index is 0.00650. The summed E-state index contributed by atoms with van der Waals surface area (Å²) in [5.74, 6) is -0.406. The molecule has 3 aromatic rings. The number of nitriles is 1. The zero-order valence-electron chi connectivity index (χ0n) is 20.8. The fourth-order valence-electron chi connectivity index (χ4n) is 4.24. The Morgan fingerprint density at radius 3 is 2.68 bits per heavy atom. The van der Waals surface area contributed by atoms with Crippen LogP contribution in [-0.2, 0) is 0 Å². The van der Waals surface area contributed by atoms with E-state index in [1.165, 1.54) is 12.1 Å². The Labute approximate surface area is 225 Å². The number of benzene rings is 2. The van der Waals surface area contributed by atoms with Crippen LogP contribution in [0.5, 0.6) is 0 Å². The molecular formula is C27H28Cl2FN7. The van der Waals surface area contributed by atoms with Gasteiger partial charge in [-0.2, -0.15) is 5.26 Å².